The van der Waals surface area contributed by atoms with Crippen LogP contribution in [0.3, 0.4) is 0 Å². The summed E-state index contributed by atoms with van der Waals surface area (Å²) in [6.07, 6.45) is 3.18. The van der Waals surface area contributed by atoms with Crippen LogP contribution in [-0.2, 0) is 4.79 Å². The highest BCUT2D eigenvalue weighted by molar-refractivity contribution is 7.80. The number of carbonyl (C=O) groups excluding carboxylic acids is 1. The van der Waals surface area contributed by atoms with Crippen molar-refractivity contribution < 1.29 is 14.3 Å². The first-order valence-electron chi connectivity index (χ1n) is 8.76. The van der Waals surface area contributed by atoms with Crippen molar-refractivity contribution in [1.29, 1.82) is 0 Å². The van der Waals surface area contributed by atoms with Crippen molar-refractivity contribution in [3.63, 3.8) is 0 Å². The predicted octanol–water partition coefficient (Wildman–Crippen LogP) is 4.40. The maximum atomic E-state index is 12.1. The third-order valence-electron chi connectivity index (χ3n) is 3.35. The van der Waals surface area contributed by atoms with E-state index in [1.54, 1.807) is 6.08 Å². The topological polar surface area (TPSA) is 59.6 Å². The number of rotatable bonds is 7. The zero-order chi connectivity index (χ0) is 19.6. The first-order chi connectivity index (χ1) is 13.0. The summed E-state index contributed by atoms with van der Waals surface area (Å²) in [4.78, 5) is 12.1. The van der Waals surface area contributed by atoms with Gasteiger partial charge in [-0.2, -0.15) is 0 Å². The number of carbonyl (C=O) groups is 1. The van der Waals surface area contributed by atoms with Gasteiger partial charge in [-0.1, -0.05) is 24.3 Å². The monoisotopic (exact) mass is 384 g/mol. The van der Waals surface area contributed by atoms with Crippen molar-refractivity contribution in [2.75, 3.05) is 11.9 Å². The smallest absolute Gasteiger partial charge is 0.250 e. The number of thiocarbonyl (C=S) groups is 1. The van der Waals surface area contributed by atoms with Gasteiger partial charge in [0.2, 0.25) is 5.91 Å². The van der Waals surface area contributed by atoms with E-state index >= 15 is 0 Å². The molecule has 0 aromatic heterocycles. The maximum absolute atomic E-state index is 12.1. The van der Waals surface area contributed by atoms with E-state index in [0.29, 0.717) is 18.0 Å². The molecule has 5 nitrogen and oxygen atoms in total. The molecule has 6 heteroatoms. The van der Waals surface area contributed by atoms with E-state index in [1.807, 2.05) is 69.3 Å². The number of hydrogen-bond acceptors (Lipinski definition) is 4. The van der Waals surface area contributed by atoms with Crippen LogP contribution in [0.5, 0.6) is 11.5 Å². The molecular formula is C21H24N2O3S. The van der Waals surface area contributed by atoms with Crippen molar-refractivity contribution in [2.24, 2.45) is 0 Å². The fourth-order valence-corrected chi connectivity index (χ4v) is 2.46. The van der Waals surface area contributed by atoms with E-state index in [2.05, 4.69) is 10.6 Å². The Hall–Kier alpha value is -2.86. The molecule has 142 valence electrons. The molecular weight excluding hydrogens is 360 g/mol. The molecule has 1 amide bonds. The first kappa shape index (κ1) is 20.5. The molecule has 2 rings (SSSR count). The van der Waals surface area contributed by atoms with Crippen molar-refractivity contribution in [2.45, 2.75) is 26.9 Å². The average Bonchev–Trinajstić information content (AvgIpc) is 2.62. The number of anilines is 1. The molecule has 0 radical (unpaired) electrons. The fraction of sp³-hybridized carbons (Fsp3) is 0.238. The molecule has 0 aliphatic heterocycles. The minimum absolute atomic E-state index is 0.0353. The van der Waals surface area contributed by atoms with Crippen LogP contribution in [0, 0.1) is 0 Å². The molecule has 0 atom stereocenters. The predicted molar refractivity (Wildman–Crippen MR) is 113 cm³/mol. The number of amides is 1. The summed E-state index contributed by atoms with van der Waals surface area (Å²) >= 11 is 5.21. The molecule has 0 bridgehead atoms. The third-order valence-corrected chi connectivity index (χ3v) is 3.56. The van der Waals surface area contributed by atoms with Crippen molar-refractivity contribution in [3.05, 3.63) is 60.2 Å². The lowest BCUT2D eigenvalue weighted by molar-refractivity contribution is -0.115. The van der Waals surface area contributed by atoms with Gasteiger partial charge in [-0.15, -0.1) is 0 Å². The number of nitrogens with one attached hydrogen (secondary N) is 2. The normalized spacial score (nSPS) is 10.7. The Morgan fingerprint density at radius 3 is 2.52 bits per heavy atom. The Labute approximate surface area is 165 Å². The SMILES string of the molecule is CCOc1ccc(/C=C/C(=O)NC(=S)Nc2ccccc2OC(C)C)cc1. The zero-order valence-corrected chi connectivity index (χ0v) is 16.5. The van der Waals surface area contributed by atoms with E-state index in [9.17, 15) is 4.79 Å². The van der Waals surface area contributed by atoms with Gasteiger partial charge in [-0.3, -0.25) is 10.1 Å². The van der Waals surface area contributed by atoms with E-state index in [0.717, 1.165) is 11.3 Å². The van der Waals surface area contributed by atoms with Gasteiger partial charge in [0.1, 0.15) is 11.5 Å². The maximum Gasteiger partial charge on any atom is 0.250 e. The molecule has 0 spiro atoms. The third kappa shape index (κ3) is 7.11. The highest BCUT2D eigenvalue weighted by Gasteiger charge is 2.08. The number of benzene rings is 2. The molecule has 2 N–H and O–H groups in total. The van der Waals surface area contributed by atoms with Crippen LogP contribution in [0.4, 0.5) is 5.69 Å². The number of para-hydroxylation sites is 2. The summed E-state index contributed by atoms with van der Waals surface area (Å²) in [6.45, 7) is 6.45. The molecule has 0 aliphatic carbocycles. The van der Waals surface area contributed by atoms with Gasteiger partial charge in [0, 0.05) is 6.08 Å². The van der Waals surface area contributed by atoms with Crippen LogP contribution < -0.4 is 20.1 Å². The lowest BCUT2D eigenvalue weighted by Crippen LogP contribution is -2.33. The van der Waals surface area contributed by atoms with Crippen LogP contribution in [0.15, 0.2) is 54.6 Å². The van der Waals surface area contributed by atoms with Gasteiger partial charge in [0.15, 0.2) is 5.11 Å². The van der Waals surface area contributed by atoms with Crippen molar-refractivity contribution >= 4 is 35.0 Å². The molecule has 0 heterocycles. The van der Waals surface area contributed by atoms with Gasteiger partial charge in [-0.25, -0.2) is 0 Å². The lowest BCUT2D eigenvalue weighted by atomic mass is 10.2. The molecule has 0 unspecified atom stereocenters. The summed E-state index contributed by atoms with van der Waals surface area (Å²) in [5.74, 6) is 1.16. The fourth-order valence-electron chi connectivity index (χ4n) is 2.25. The summed E-state index contributed by atoms with van der Waals surface area (Å²) in [5.41, 5.74) is 1.59. The highest BCUT2D eigenvalue weighted by Crippen LogP contribution is 2.24. The molecule has 0 saturated carbocycles. The Bertz CT molecular complexity index is 801. The Balaban J connectivity index is 1.91. The van der Waals surface area contributed by atoms with Gasteiger partial charge in [0.25, 0.3) is 0 Å². The van der Waals surface area contributed by atoms with Crippen LogP contribution in [0.25, 0.3) is 6.08 Å². The van der Waals surface area contributed by atoms with Gasteiger partial charge in [-0.05, 0) is 68.9 Å². The van der Waals surface area contributed by atoms with E-state index in [-0.39, 0.29) is 17.1 Å². The Kier molecular flexibility index (Phi) is 7.82. The molecule has 2 aromatic carbocycles. The van der Waals surface area contributed by atoms with E-state index < -0.39 is 0 Å². The molecule has 2 aromatic rings. The second-order valence-corrected chi connectivity index (χ2v) is 6.35. The number of hydrogen-bond donors (Lipinski definition) is 2. The van der Waals surface area contributed by atoms with Crippen molar-refractivity contribution in [3.8, 4) is 11.5 Å². The highest BCUT2D eigenvalue weighted by atomic mass is 32.1. The minimum atomic E-state index is -0.316. The first-order valence-corrected chi connectivity index (χ1v) is 9.17. The van der Waals surface area contributed by atoms with Gasteiger partial charge >= 0.3 is 0 Å². The summed E-state index contributed by atoms with van der Waals surface area (Å²) < 4.78 is 11.1. The second kappa shape index (κ2) is 10.3. The molecule has 27 heavy (non-hydrogen) atoms. The molecule has 0 saturated heterocycles. The standard InChI is InChI=1S/C21H24N2O3S/c1-4-25-17-12-9-16(10-13-17)11-14-20(24)23-21(27)22-18-7-5-6-8-19(18)26-15(2)3/h5-15H,4H2,1-3H3,(H2,22,23,24,27)/b14-11+. The summed E-state index contributed by atoms with van der Waals surface area (Å²) in [7, 11) is 0. The largest absolute Gasteiger partial charge is 0.494 e. The number of ether oxygens (including phenoxy) is 2. The molecule has 0 fully saturated rings. The molecule has 0 aliphatic rings. The van der Waals surface area contributed by atoms with E-state index in [4.69, 9.17) is 21.7 Å². The van der Waals surface area contributed by atoms with Crippen LogP contribution >= 0.6 is 12.2 Å². The van der Waals surface area contributed by atoms with Crippen LogP contribution in [0.1, 0.15) is 26.3 Å². The average molecular weight is 385 g/mol. The van der Waals surface area contributed by atoms with Gasteiger partial charge < -0.3 is 14.8 Å². The lowest BCUT2D eigenvalue weighted by Gasteiger charge is -2.15. The van der Waals surface area contributed by atoms with Crippen LogP contribution in [0.2, 0.25) is 0 Å². The minimum Gasteiger partial charge on any atom is -0.494 e. The summed E-state index contributed by atoms with van der Waals surface area (Å²) in [5, 5.41) is 5.82. The Morgan fingerprint density at radius 1 is 1.15 bits per heavy atom. The van der Waals surface area contributed by atoms with Crippen molar-refractivity contribution in [1.82, 2.24) is 5.32 Å². The zero-order valence-electron chi connectivity index (χ0n) is 15.7. The van der Waals surface area contributed by atoms with E-state index in [1.165, 1.54) is 6.08 Å². The Morgan fingerprint density at radius 2 is 1.85 bits per heavy atom. The quantitative estimate of drug-likeness (QED) is 0.547. The van der Waals surface area contributed by atoms with Gasteiger partial charge in [0.05, 0.1) is 18.4 Å². The van der Waals surface area contributed by atoms with Crippen LogP contribution in [-0.4, -0.2) is 23.7 Å². The summed E-state index contributed by atoms with van der Waals surface area (Å²) in [6, 6.07) is 14.9. The second-order valence-electron chi connectivity index (χ2n) is 5.94.